The number of aromatic nitrogens is 2. The fourth-order valence-corrected chi connectivity index (χ4v) is 2.00. The highest BCUT2D eigenvalue weighted by Crippen LogP contribution is 2.32. The van der Waals surface area contributed by atoms with Gasteiger partial charge in [-0.25, -0.2) is 9.97 Å². The summed E-state index contributed by atoms with van der Waals surface area (Å²) in [5, 5.41) is 0.636. The molecule has 0 atom stereocenters. The van der Waals surface area contributed by atoms with Crippen LogP contribution in [0.1, 0.15) is 5.56 Å². The van der Waals surface area contributed by atoms with Crippen molar-refractivity contribution in [1.82, 2.24) is 9.97 Å². The Bertz CT molecular complexity index is 514. The minimum atomic E-state index is 0.318. The van der Waals surface area contributed by atoms with Gasteiger partial charge < -0.3 is 4.42 Å². The zero-order valence-corrected chi connectivity index (χ0v) is 12.6. The van der Waals surface area contributed by atoms with Crippen molar-refractivity contribution in [1.29, 1.82) is 0 Å². The molecule has 0 radical (unpaired) electrons. The van der Waals surface area contributed by atoms with E-state index in [0.29, 0.717) is 32.1 Å². The second-order valence-corrected chi connectivity index (χ2v) is 5.28. The average Bonchev–Trinajstić information content (AvgIpc) is 2.55. The Labute approximate surface area is 118 Å². The Morgan fingerprint density at radius 1 is 1.19 bits per heavy atom. The van der Waals surface area contributed by atoms with Crippen molar-refractivity contribution in [2.24, 2.45) is 0 Å². The first kappa shape index (κ1) is 12.4. The van der Waals surface area contributed by atoms with Crippen LogP contribution < -0.4 is 0 Å². The maximum absolute atomic E-state index is 5.91. The highest BCUT2D eigenvalue weighted by molar-refractivity contribution is 9.13. The summed E-state index contributed by atoms with van der Waals surface area (Å²) >= 11 is 18.4. The number of hydrogen-bond acceptors (Lipinski definition) is 3. The highest BCUT2D eigenvalue weighted by Gasteiger charge is 2.14. The topological polar surface area (TPSA) is 38.9 Å². The lowest BCUT2D eigenvalue weighted by molar-refractivity contribution is 0.549. The number of nitrogens with zero attached hydrogens (tertiary/aromatic N) is 2. The summed E-state index contributed by atoms with van der Waals surface area (Å²) in [6.07, 6.45) is 0. The van der Waals surface area contributed by atoms with Crippen LogP contribution in [0.25, 0.3) is 11.6 Å². The van der Waals surface area contributed by atoms with E-state index in [1.807, 2.05) is 0 Å². The van der Waals surface area contributed by atoms with Gasteiger partial charge in [-0.2, -0.15) is 0 Å². The van der Waals surface area contributed by atoms with Crippen LogP contribution in [-0.4, -0.2) is 9.97 Å². The lowest BCUT2D eigenvalue weighted by Crippen LogP contribution is -1.92. The fraction of sp³-hybridized carbons (Fsp3) is 0.111. The molecule has 2 rings (SSSR count). The first-order valence-electron chi connectivity index (χ1n) is 4.14. The molecule has 3 nitrogen and oxygen atoms in total. The van der Waals surface area contributed by atoms with Gasteiger partial charge in [0.2, 0.25) is 0 Å². The third-order valence-corrected chi connectivity index (χ3v) is 4.34. The van der Waals surface area contributed by atoms with Gasteiger partial charge in [0.05, 0.1) is 4.47 Å². The van der Waals surface area contributed by atoms with Gasteiger partial charge in [0.15, 0.2) is 16.3 Å². The minimum absolute atomic E-state index is 0.318. The highest BCUT2D eigenvalue weighted by atomic mass is 79.9. The van der Waals surface area contributed by atoms with E-state index in [4.69, 9.17) is 27.6 Å². The Kier molecular flexibility index (Phi) is 3.59. The summed E-state index contributed by atoms with van der Waals surface area (Å²) in [5.74, 6) is 0.842. The zero-order chi connectivity index (χ0) is 11.9. The Hall–Kier alpha value is -0.100. The Balaban J connectivity index is 2.56. The van der Waals surface area contributed by atoms with Gasteiger partial charge in [-0.15, -0.1) is 0 Å². The van der Waals surface area contributed by atoms with E-state index in [2.05, 4.69) is 41.8 Å². The summed E-state index contributed by atoms with van der Waals surface area (Å²) in [6.45, 7) is 1.75. The quantitative estimate of drug-likeness (QED) is 0.656. The largest absolute Gasteiger partial charge is 0.445 e. The maximum atomic E-state index is 5.91. The van der Waals surface area contributed by atoms with Gasteiger partial charge >= 0.3 is 0 Å². The Morgan fingerprint density at radius 3 is 2.19 bits per heavy atom. The molecular formula is C9H4Br2Cl2N2O. The molecule has 0 aliphatic rings. The number of halogens is 4. The van der Waals surface area contributed by atoms with Crippen molar-refractivity contribution < 1.29 is 4.42 Å². The molecule has 0 aliphatic carbocycles. The van der Waals surface area contributed by atoms with E-state index in [-0.39, 0.29) is 0 Å². The standard InChI is InChI=1S/C9H4Br2Cl2N2O/c1-3-7(12)14-9(15-8(3)13)5-2-4(10)6(11)16-5/h2H,1H3. The molecule has 2 aromatic heterocycles. The van der Waals surface area contributed by atoms with Gasteiger partial charge in [-0.3, -0.25) is 0 Å². The first-order chi connectivity index (χ1) is 7.49. The summed E-state index contributed by atoms with van der Waals surface area (Å²) in [5.41, 5.74) is 0.650. The van der Waals surface area contributed by atoms with E-state index < -0.39 is 0 Å². The maximum Gasteiger partial charge on any atom is 0.198 e. The third-order valence-electron chi connectivity index (χ3n) is 1.89. The average molecular weight is 387 g/mol. The molecule has 2 heterocycles. The number of furan rings is 1. The monoisotopic (exact) mass is 384 g/mol. The van der Waals surface area contributed by atoms with Crippen LogP contribution in [0, 0.1) is 6.92 Å². The molecule has 0 amide bonds. The molecule has 0 aromatic carbocycles. The van der Waals surface area contributed by atoms with Crippen LogP contribution in [-0.2, 0) is 0 Å². The van der Waals surface area contributed by atoms with Crippen LogP contribution in [0.3, 0.4) is 0 Å². The predicted molar refractivity (Wildman–Crippen MR) is 69.9 cm³/mol. The fourth-order valence-electron chi connectivity index (χ4n) is 1.03. The summed E-state index contributed by atoms with van der Waals surface area (Å²) in [7, 11) is 0. The molecule has 2 aromatic rings. The van der Waals surface area contributed by atoms with Gasteiger partial charge in [0, 0.05) is 11.6 Å². The van der Waals surface area contributed by atoms with Crippen molar-refractivity contribution >= 4 is 55.1 Å². The molecule has 0 bridgehead atoms. The van der Waals surface area contributed by atoms with Crippen LogP contribution >= 0.6 is 55.1 Å². The SMILES string of the molecule is Cc1c(Cl)nc(-c2cc(Br)c(Br)o2)nc1Cl. The summed E-state index contributed by atoms with van der Waals surface area (Å²) < 4.78 is 6.72. The van der Waals surface area contributed by atoms with Crippen molar-refractivity contribution in [3.8, 4) is 11.6 Å². The zero-order valence-electron chi connectivity index (χ0n) is 7.89. The van der Waals surface area contributed by atoms with Crippen molar-refractivity contribution in [3.05, 3.63) is 31.1 Å². The lowest BCUT2D eigenvalue weighted by Gasteiger charge is -2.01. The molecule has 0 aliphatic heterocycles. The van der Waals surface area contributed by atoms with Crippen LogP contribution in [0.2, 0.25) is 10.3 Å². The molecule has 0 saturated heterocycles. The normalized spacial score (nSPS) is 10.8. The van der Waals surface area contributed by atoms with E-state index in [1.165, 1.54) is 0 Å². The molecule has 0 unspecified atom stereocenters. The number of hydrogen-bond donors (Lipinski definition) is 0. The first-order valence-corrected chi connectivity index (χ1v) is 6.48. The van der Waals surface area contributed by atoms with Gasteiger partial charge in [-0.1, -0.05) is 23.2 Å². The van der Waals surface area contributed by atoms with Crippen LogP contribution in [0.5, 0.6) is 0 Å². The van der Waals surface area contributed by atoms with Gasteiger partial charge in [-0.05, 0) is 38.8 Å². The molecule has 0 saturated carbocycles. The van der Waals surface area contributed by atoms with E-state index in [1.54, 1.807) is 13.0 Å². The second kappa shape index (κ2) is 4.64. The molecule has 16 heavy (non-hydrogen) atoms. The molecule has 0 fully saturated rings. The van der Waals surface area contributed by atoms with Gasteiger partial charge in [0.1, 0.15) is 10.3 Å². The molecule has 0 spiro atoms. The van der Waals surface area contributed by atoms with E-state index >= 15 is 0 Å². The molecular weight excluding hydrogens is 383 g/mol. The van der Waals surface area contributed by atoms with Crippen LogP contribution in [0.15, 0.2) is 19.6 Å². The Morgan fingerprint density at radius 2 is 1.75 bits per heavy atom. The molecule has 0 N–H and O–H groups in total. The summed E-state index contributed by atoms with van der Waals surface area (Å²) in [6, 6.07) is 1.74. The minimum Gasteiger partial charge on any atom is -0.445 e. The van der Waals surface area contributed by atoms with E-state index in [9.17, 15) is 0 Å². The smallest absolute Gasteiger partial charge is 0.198 e. The predicted octanol–water partition coefficient (Wildman–Crippen LogP) is 4.88. The molecule has 7 heteroatoms. The van der Waals surface area contributed by atoms with Crippen molar-refractivity contribution in [3.63, 3.8) is 0 Å². The lowest BCUT2D eigenvalue weighted by atomic mass is 10.3. The third kappa shape index (κ3) is 2.27. The van der Waals surface area contributed by atoms with Crippen molar-refractivity contribution in [2.45, 2.75) is 6.92 Å². The number of rotatable bonds is 1. The summed E-state index contributed by atoms with van der Waals surface area (Å²) in [4.78, 5) is 8.19. The van der Waals surface area contributed by atoms with Crippen molar-refractivity contribution in [2.75, 3.05) is 0 Å². The second-order valence-electron chi connectivity index (χ2n) is 2.99. The van der Waals surface area contributed by atoms with E-state index in [0.717, 1.165) is 4.47 Å². The molecule has 84 valence electrons. The van der Waals surface area contributed by atoms with Crippen LogP contribution in [0.4, 0.5) is 0 Å². The van der Waals surface area contributed by atoms with Gasteiger partial charge in [0.25, 0.3) is 0 Å².